The number of carbonyl (C=O) groups excluding carboxylic acids is 2. The second-order valence-electron chi connectivity index (χ2n) is 9.58. The molecule has 0 radical (unpaired) electrons. The zero-order valence-electron chi connectivity index (χ0n) is 21.3. The first-order valence-electron chi connectivity index (χ1n) is 12.0. The molecule has 1 saturated carbocycles. The van der Waals surface area contributed by atoms with E-state index in [1.165, 1.54) is 11.1 Å². The standard InChI is InChI=1S/C25H32N8O4/c1-31-8-9-33(23(35)14-31)13-17-4-5-22(28-20(17)15-34)32(2)24(36)29-21-10-19(18(11-26)12-27-21)30-25(6-7-25)16-37-3/h4-5,10,12,15,24,36H,6-9,13-14,16H2,1-3H3,(H2,27,29,30). The van der Waals surface area contributed by atoms with Gasteiger partial charge in [0.05, 0.1) is 29.9 Å². The predicted octanol–water partition coefficient (Wildman–Crippen LogP) is 0.850. The number of rotatable bonds is 11. The average molecular weight is 509 g/mol. The van der Waals surface area contributed by atoms with Gasteiger partial charge in [-0.3, -0.25) is 14.5 Å². The van der Waals surface area contributed by atoms with Crippen LogP contribution in [0.15, 0.2) is 24.4 Å². The summed E-state index contributed by atoms with van der Waals surface area (Å²) in [6.45, 7) is 2.52. The van der Waals surface area contributed by atoms with Gasteiger partial charge in [0.2, 0.25) is 12.3 Å². The molecule has 12 nitrogen and oxygen atoms in total. The Balaban J connectivity index is 1.45. The molecule has 0 bridgehead atoms. The van der Waals surface area contributed by atoms with Crippen LogP contribution in [0.1, 0.15) is 34.5 Å². The molecule has 0 spiro atoms. The molecular weight excluding hydrogens is 476 g/mol. The summed E-state index contributed by atoms with van der Waals surface area (Å²) < 4.78 is 5.29. The van der Waals surface area contributed by atoms with Gasteiger partial charge in [0.1, 0.15) is 23.4 Å². The van der Waals surface area contributed by atoms with Crippen LogP contribution in [-0.4, -0.2) is 96.4 Å². The molecule has 1 aliphatic carbocycles. The third kappa shape index (κ3) is 6.14. The molecular formula is C25H32N8O4. The van der Waals surface area contributed by atoms with Crippen LogP contribution in [0.2, 0.25) is 0 Å². The summed E-state index contributed by atoms with van der Waals surface area (Å²) in [5, 5.41) is 26.6. The summed E-state index contributed by atoms with van der Waals surface area (Å²) in [6, 6.07) is 7.24. The highest BCUT2D eigenvalue weighted by Crippen LogP contribution is 2.40. The molecule has 2 aliphatic rings. The summed E-state index contributed by atoms with van der Waals surface area (Å²) in [7, 11) is 5.16. The molecule has 196 valence electrons. The highest BCUT2D eigenvalue weighted by Gasteiger charge is 2.43. The van der Waals surface area contributed by atoms with Crippen LogP contribution in [0.25, 0.3) is 0 Å². The summed E-state index contributed by atoms with van der Waals surface area (Å²) in [6.07, 6.45) is 2.75. The number of aldehydes is 1. The van der Waals surface area contributed by atoms with Crippen LogP contribution in [0.4, 0.5) is 17.3 Å². The van der Waals surface area contributed by atoms with Crippen molar-refractivity contribution in [3.05, 3.63) is 41.2 Å². The molecule has 12 heteroatoms. The van der Waals surface area contributed by atoms with E-state index in [0.29, 0.717) is 61.0 Å². The highest BCUT2D eigenvalue weighted by molar-refractivity contribution is 5.80. The second-order valence-corrected chi connectivity index (χ2v) is 9.58. The number of likely N-dealkylation sites (N-methyl/N-ethyl adjacent to an activating group) is 1. The number of pyridine rings is 2. The van der Waals surface area contributed by atoms with E-state index in [4.69, 9.17) is 4.74 Å². The molecule has 0 aromatic carbocycles. The van der Waals surface area contributed by atoms with E-state index in [9.17, 15) is 20.0 Å². The zero-order valence-corrected chi connectivity index (χ0v) is 21.3. The maximum absolute atomic E-state index is 12.3. The van der Waals surface area contributed by atoms with Gasteiger partial charge in [-0.15, -0.1) is 0 Å². The van der Waals surface area contributed by atoms with Gasteiger partial charge in [-0.1, -0.05) is 6.07 Å². The SMILES string of the molecule is COCC1(Nc2cc(NC(O)N(C)c3ccc(CN4CCN(C)CC4=O)c(C=O)n3)ncc2C#N)CC1. The fourth-order valence-electron chi connectivity index (χ4n) is 4.22. The largest absolute Gasteiger partial charge is 0.382 e. The molecule has 2 aromatic rings. The lowest BCUT2D eigenvalue weighted by atomic mass is 10.1. The molecule has 1 amide bonds. The van der Waals surface area contributed by atoms with Crippen molar-refractivity contribution in [2.75, 3.05) is 63.0 Å². The van der Waals surface area contributed by atoms with Crippen LogP contribution in [-0.2, 0) is 16.1 Å². The normalized spacial score (nSPS) is 17.6. The molecule has 1 aliphatic heterocycles. The van der Waals surface area contributed by atoms with E-state index in [-0.39, 0.29) is 17.1 Å². The van der Waals surface area contributed by atoms with Gasteiger partial charge in [0.15, 0.2) is 6.29 Å². The van der Waals surface area contributed by atoms with E-state index >= 15 is 0 Å². The van der Waals surface area contributed by atoms with Crippen LogP contribution in [0, 0.1) is 11.3 Å². The number of ether oxygens (including phenoxy) is 1. The van der Waals surface area contributed by atoms with Gasteiger partial charge < -0.3 is 30.3 Å². The van der Waals surface area contributed by atoms with Crippen molar-refractivity contribution in [3.63, 3.8) is 0 Å². The van der Waals surface area contributed by atoms with Crippen LogP contribution in [0.3, 0.4) is 0 Å². The Hall–Kier alpha value is -3.79. The van der Waals surface area contributed by atoms with Crippen LogP contribution in [0.5, 0.6) is 0 Å². The number of amides is 1. The minimum absolute atomic E-state index is 0.00465. The molecule has 3 N–H and O–H groups in total. The van der Waals surface area contributed by atoms with Crippen molar-refractivity contribution in [1.82, 2.24) is 19.8 Å². The fourth-order valence-corrected chi connectivity index (χ4v) is 4.22. The Morgan fingerprint density at radius 1 is 1.38 bits per heavy atom. The van der Waals surface area contributed by atoms with E-state index in [1.807, 2.05) is 11.9 Å². The molecule has 3 heterocycles. The number of nitrogens with one attached hydrogen (secondary N) is 2. The Morgan fingerprint density at radius 2 is 2.16 bits per heavy atom. The second kappa shape index (κ2) is 11.1. The molecule has 2 fully saturated rings. The summed E-state index contributed by atoms with van der Waals surface area (Å²) in [4.78, 5) is 37.9. The van der Waals surface area contributed by atoms with Gasteiger partial charge >= 0.3 is 0 Å². The van der Waals surface area contributed by atoms with Crippen molar-refractivity contribution in [2.45, 2.75) is 31.3 Å². The van der Waals surface area contributed by atoms with Crippen molar-refractivity contribution in [2.24, 2.45) is 0 Å². The molecule has 1 unspecified atom stereocenters. The Morgan fingerprint density at radius 3 is 2.81 bits per heavy atom. The lowest BCUT2D eigenvalue weighted by Gasteiger charge is -2.32. The summed E-state index contributed by atoms with van der Waals surface area (Å²) >= 11 is 0. The Labute approximate surface area is 215 Å². The number of anilines is 3. The van der Waals surface area contributed by atoms with E-state index < -0.39 is 6.35 Å². The van der Waals surface area contributed by atoms with Gasteiger partial charge in [0.25, 0.3) is 0 Å². The van der Waals surface area contributed by atoms with Gasteiger partial charge in [-0.2, -0.15) is 5.26 Å². The molecule has 37 heavy (non-hydrogen) atoms. The van der Waals surface area contributed by atoms with Crippen molar-refractivity contribution in [1.29, 1.82) is 5.26 Å². The molecule has 2 aromatic heterocycles. The smallest absolute Gasteiger partial charge is 0.237 e. The lowest BCUT2D eigenvalue weighted by Crippen LogP contribution is -2.48. The molecule has 1 saturated heterocycles. The number of aromatic nitrogens is 2. The molecule has 4 rings (SSSR count). The summed E-state index contributed by atoms with van der Waals surface area (Å²) in [5.41, 5.74) is 1.65. The minimum Gasteiger partial charge on any atom is -0.382 e. The summed E-state index contributed by atoms with van der Waals surface area (Å²) in [5.74, 6) is 0.722. The van der Waals surface area contributed by atoms with Crippen molar-refractivity contribution < 1.29 is 19.4 Å². The van der Waals surface area contributed by atoms with Crippen molar-refractivity contribution >= 4 is 29.5 Å². The van der Waals surface area contributed by atoms with Gasteiger partial charge in [-0.05, 0) is 26.0 Å². The lowest BCUT2D eigenvalue weighted by molar-refractivity contribution is -0.136. The third-order valence-corrected chi connectivity index (χ3v) is 6.68. The van der Waals surface area contributed by atoms with E-state index in [2.05, 4.69) is 26.7 Å². The minimum atomic E-state index is -1.22. The first-order valence-corrected chi connectivity index (χ1v) is 12.0. The number of aliphatic hydroxyl groups excluding tert-OH is 1. The zero-order chi connectivity index (χ0) is 26.6. The predicted molar refractivity (Wildman–Crippen MR) is 137 cm³/mol. The monoisotopic (exact) mass is 508 g/mol. The third-order valence-electron chi connectivity index (χ3n) is 6.68. The molecule has 1 atom stereocenters. The number of piperazine rings is 1. The van der Waals surface area contributed by atoms with Crippen LogP contribution < -0.4 is 15.5 Å². The Kier molecular flexibility index (Phi) is 7.87. The average Bonchev–Trinajstić information content (AvgIpc) is 3.64. The Bertz CT molecular complexity index is 1200. The number of hydrogen-bond acceptors (Lipinski definition) is 11. The van der Waals surface area contributed by atoms with E-state index in [0.717, 1.165) is 19.4 Å². The fraction of sp³-hybridized carbons (Fsp3) is 0.480. The van der Waals surface area contributed by atoms with Crippen LogP contribution >= 0.6 is 0 Å². The first-order chi connectivity index (χ1) is 17.8. The van der Waals surface area contributed by atoms with Gasteiger partial charge in [0, 0.05) is 51.6 Å². The maximum atomic E-state index is 12.3. The quantitative estimate of drug-likeness (QED) is 0.293. The first kappa shape index (κ1) is 26.3. The number of carbonyl (C=O) groups is 2. The highest BCUT2D eigenvalue weighted by atomic mass is 16.5. The number of aliphatic hydroxyl groups is 1. The number of hydrogen-bond donors (Lipinski definition) is 3. The number of nitriles is 1. The van der Waals surface area contributed by atoms with Crippen molar-refractivity contribution in [3.8, 4) is 6.07 Å². The number of methoxy groups -OCH3 is 1. The maximum Gasteiger partial charge on any atom is 0.237 e. The number of nitrogens with zero attached hydrogens (tertiary/aromatic N) is 6. The van der Waals surface area contributed by atoms with E-state index in [1.54, 1.807) is 37.3 Å². The van der Waals surface area contributed by atoms with Gasteiger partial charge in [-0.25, -0.2) is 9.97 Å². The topological polar surface area (TPSA) is 147 Å².